The zero-order valence-electron chi connectivity index (χ0n) is 16.4. The SMILES string of the molecule is CCN1CCN(S(=O)(=O)c2cccc(NC(=O)c3cc(SC)ccc3Cl)c2)CC1. The molecule has 1 heterocycles. The molecule has 2 aromatic carbocycles. The molecule has 2 aromatic rings. The van der Waals surface area contributed by atoms with Crippen LogP contribution in [-0.4, -0.2) is 62.5 Å². The summed E-state index contributed by atoms with van der Waals surface area (Å²) in [7, 11) is -3.61. The molecule has 6 nitrogen and oxygen atoms in total. The van der Waals surface area contributed by atoms with E-state index in [1.54, 1.807) is 30.3 Å². The minimum absolute atomic E-state index is 0.171. The normalized spacial score (nSPS) is 16.0. The summed E-state index contributed by atoms with van der Waals surface area (Å²) >= 11 is 7.68. The Balaban J connectivity index is 1.78. The zero-order chi connectivity index (χ0) is 21.0. The molecule has 1 saturated heterocycles. The lowest BCUT2D eigenvalue weighted by Gasteiger charge is -2.33. The Labute approximate surface area is 181 Å². The van der Waals surface area contributed by atoms with Crippen LogP contribution >= 0.6 is 23.4 Å². The number of amides is 1. The Kier molecular flexibility index (Phi) is 7.23. The number of carbonyl (C=O) groups excluding carboxylic acids is 1. The lowest BCUT2D eigenvalue weighted by molar-refractivity contribution is 0.102. The van der Waals surface area contributed by atoms with Gasteiger partial charge in [0.25, 0.3) is 5.91 Å². The van der Waals surface area contributed by atoms with Crippen molar-refractivity contribution in [2.75, 3.05) is 44.3 Å². The predicted octanol–water partition coefficient (Wildman–Crippen LogP) is 3.64. The second kappa shape index (κ2) is 9.49. The van der Waals surface area contributed by atoms with Crippen LogP contribution in [0.1, 0.15) is 17.3 Å². The monoisotopic (exact) mass is 453 g/mol. The Morgan fingerprint density at radius 2 is 1.86 bits per heavy atom. The van der Waals surface area contributed by atoms with Gasteiger partial charge in [0, 0.05) is 36.8 Å². The molecule has 0 bridgehead atoms. The zero-order valence-corrected chi connectivity index (χ0v) is 18.8. The lowest BCUT2D eigenvalue weighted by Crippen LogP contribution is -2.48. The highest BCUT2D eigenvalue weighted by atomic mass is 35.5. The number of halogens is 1. The fourth-order valence-corrected chi connectivity index (χ4v) is 5.29. The van der Waals surface area contributed by atoms with Gasteiger partial charge in [-0.1, -0.05) is 24.6 Å². The smallest absolute Gasteiger partial charge is 0.257 e. The number of thioether (sulfide) groups is 1. The van der Waals surface area contributed by atoms with Gasteiger partial charge in [0.1, 0.15) is 0 Å². The van der Waals surface area contributed by atoms with Crippen LogP contribution in [0.5, 0.6) is 0 Å². The van der Waals surface area contributed by atoms with E-state index in [0.29, 0.717) is 29.4 Å². The highest BCUT2D eigenvalue weighted by Crippen LogP contribution is 2.25. The maximum atomic E-state index is 13.0. The van der Waals surface area contributed by atoms with Gasteiger partial charge >= 0.3 is 0 Å². The third-order valence-corrected chi connectivity index (χ3v) is 7.88. The maximum absolute atomic E-state index is 13.0. The van der Waals surface area contributed by atoms with Crippen molar-refractivity contribution in [2.45, 2.75) is 16.7 Å². The summed E-state index contributed by atoms with van der Waals surface area (Å²) in [6.45, 7) is 5.34. The maximum Gasteiger partial charge on any atom is 0.257 e. The molecule has 0 aromatic heterocycles. The van der Waals surface area contributed by atoms with Gasteiger partial charge in [-0.15, -0.1) is 11.8 Å². The second-order valence-corrected chi connectivity index (χ2v) is 9.89. The van der Waals surface area contributed by atoms with Crippen molar-refractivity contribution in [3.8, 4) is 0 Å². The van der Waals surface area contributed by atoms with E-state index >= 15 is 0 Å². The molecule has 29 heavy (non-hydrogen) atoms. The fraction of sp³-hybridized carbons (Fsp3) is 0.350. The lowest BCUT2D eigenvalue weighted by atomic mass is 10.2. The number of sulfonamides is 1. The number of rotatable bonds is 6. The number of likely N-dealkylation sites (N-methyl/N-ethyl adjacent to an activating group) is 1. The first-order valence-electron chi connectivity index (χ1n) is 9.32. The molecule has 0 aliphatic carbocycles. The number of hydrogen-bond acceptors (Lipinski definition) is 5. The summed E-state index contributed by atoms with van der Waals surface area (Å²) in [5.41, 5.74) is 0.761. The highest BCUT2D eigenvalue weighted by Gasteiger charge is 2.28. The van der Waals surface area contributed by atoms with E-state index in [1.807, 2.05) is 12.3 Å². The van der Waals surface area contributed by atoms with Crippen LogP contribution in [-0.2, 0) is 10.0 Å². The van der Waals surface area contributed by atoms with Gasteiger partial charge < -0.3 is 10.2 Å². The first kappa shape index (κ1) is 22.1. The van der Waals surface area contributed by atoms with Crippen molar-refractivity contribution in [3.05, 3.63) is 53.1 Å². The largest absolute Gasteiger partial charge is 0.322 e. The molecule has 0 radical (unpaired) electrons. The van der Waals surface area contributed by atoms with Crippen LogP contribution in [0.15, 0.2) is 52.3 Å². The van der Waals surface area contributed by atoms with Crippen LogP contribution in [0, 0.1) is 0 Å². The summed E-state index contributed by atoms with van der Waals surface area (Å²) in [4.78, 5) is 16.0. The molecule has 9 heteroatoms. The summed E-state index contributed by atoms with van der Waals surface area (Å²) in [5, 5.41) is 3.10. The Hall–Kier alpha value is -1.58. The number of piperazine rings is 1. The van der Waals surface area contributed by atoms with Crippen LogP contribution in [0.2, 0.25) is 5.02 Å². The summed E-state index contributed by atoms with van der Waals surface area (Å²) in [6.07, 6.45) is 1.92. The average Bonchev–Trinajstić information content (AvgIpc) is 2.74. The van der Waals surface area contributed by atoms with E-state index in [4.69, 9.17) is 11.6 Å². The van der Waals surface area contributed by atoms with E-state index < -0.39 is 10.0 Å². The number of nitrogens with zero attached hydrogens (tertiary/aromatic N) is 2. The van der Waals surface area contributed by atoms with Gasteiger partial charge in [0.15, 0.2) is 0 Å². The van der Waals surface area contributed by atoms with Crippen LogP contribution in [0.3, 0.4) is 0 Å². The van der Waals surface area contributed by atoms with Crippen molar-refractivity contribution in [3.63, 3.8) is 0 Å². The third-order valence-electron chi connectivity index (χ3n) is 4.93. The summed E-state index contributed by atoms with van der Waals surface area (Å²) in [6, 6.07) is 11.6. The quantitative estimate of drug-likeness (QED) is 0.676. The van der Waals surface area contributed by atoms with Crippen LogP contribution in [0.25, 0.3) is 0 Å². The van der Waals surface area contributed by atoms with E-state index in [2.05, 4.69) is 17.1 Å². The molecule has 1 amide bonds. The van der Waals surface area contributed by atoms with Crippen molar-refractivity contribution >= 4 is 45.0 Å². The molecular weight excluding hydrogens is 430 g/mol. The third kappa shape index (κ3) is 5.13. The summed E-state index contributed by atoms with van der Waals surface area (Å²) < 4.78 is 27.5. The van der Waals surface area contributed by atoms with Gasteiger partial charge in [-0.25, -0.2) is 8.42 Å². The van der Waals surface area contributed by atoms with E-state index in [9.17, 15) is 13.2 Å². The summed E-state index contributed by atoms with van der Waals surface area (Å²) in [5.74, 6) is -0.378. The number of carbonyl (C=O) groups is 1. The first-order valence-corrected chi connectivity index (χ1v) is 12.4. The molecule has 1 N–H and O–H groups in total. The standard InChI is InChI=1S/C20H24ClN3O3S2/c1-3-23-9-11-24(12-10-23)29(26,27)17-6-4-5-15(13-17)22-20(25)18-14-16(28-2)7-8-19(18)21/h4-8,13-14H,3,9-12H2,1-2H3,(H,22,25). The highest BCUT2D eigenvalue weighted by molar-refractivity contribution is 7.98. The number of anilines is 1. The average molecular weight is 454 g/mol. The molecule has 0 unspecified atom stereocenters. The van der Waals surface area contributed by atoms with E-state index in [0.717, 1.165) is 24.5 Å². The number of hydrogen-bond donors (Lipinski definition) is 1. The number of nitrogens with one attached hydrogen (secondary N) is 1. The molecule has 0 atom stereocenters. The molecule has 3 rings (SSSR count). The van der Waals surface area contributed by atoms with Gasteiger partial charge in [-0.05, 0) is 49.2 Å². The van der Waals surface area contributed by atoms with Crippen molar-refractivity contribution in [2.24, 2.45) is 0 Å². The van der Waals surface area contributed by atoms with Gasteiger partial charge in [-0.2, -0.15) is 4.31 Å². The molecule has 1 aliphatic heterocycles. The van der Waals surface area contributed by atoms with Crippen molar-refractivity contribution < 1.29 is 13.2 Å². The van der Waals surface area contributed by atoms with E-state index in [-0.39, 0.29) is 10.8 Å². The van der Waals surface area contributed by atoms with Gasteiger partial charge in [0.05, 0.1) is 15.5 Å². The van der Waals surface area contributed by atoms with Gasteiger partial charge in [0.2, 0.25) is 10.0 Å². The molecule has 1 aliphatic rings. The van der Waals surface area contributed by atoms with Crippen molar-refractivity contribution in [1.82, 2.24) is 9.21 Å². The van der Waals surface area contributed by atoms with E-state index in [1.165, 1.54) is 22.1 Å². The van der Waals surface area contributed by atoms with Gasteiger partial charge in [-0.3, -0.25) is 4.79 Å². The minimum Gasteiger partial charge on any atom is -0.322 e. The molecule has 1 fully saturated rings. The topological polar surface area (TPSA) is 69.7 Å². The molecular formula is C20H24ClN3O3S2. The predicted molar refractivity (Wildman–Crippen MR) is 119 cm³/mol. The molecule has 0 spiro atoms. The van der Waals surface area contributed by atoms with Crippen LogP contribution in [0.4, 0.5) is 5.69 Å². The Bertz CT molecular complexity index is 990. The first-order chi connectivity index (χ1) is 13.8. The molecule has 156 valence electrons. The number of benzene rings is 2. The Morgan fingerprint density at radius 3 is 2.52 bits per heavy atom. The Morgan fingerprint density at radius 1 is 1.14 bits per heavy atom. The van der Waals surface area contributed by atoms with Crippen LogP contribution < -0.4 is 5.32 Å². The fourth-order valence-electron chi connectivity index (χ4n) is 3.17. The second-order valence-electron chi connectivity index (χ2n) is 6.67. The van der Waals surface area contributed by atoms with Crippen molar-refractivity contribution in [1.29, 1.82) is 0 Å². The molecule has 0 saturated carbocycles. The minimum atomic E-state index is -3.61.